The minimum absolute atomic E-state index is 0.0480. The van der Waals surface area contributed by atoms with Crippen LogP contribution in [0.2, 0.25) is 0 Å². The summed E-state index contributed by atoms with van der Waals surface area (Å²) in [7, 11) is 0. The Bertz CT molecular complexity index is 713. The predicted molar refractivity (Wildman–Crippen MR) is 103 cm³/mol. The molecular formula is C20H23BrN2O2. The number of aryl methyl sites for hydroxylation is 1. The van der Waals surface area contributed by atoms with Gasteiger partial charge in [-0.1, -0.05) is 36.4 Å². The summed E-state index contributed by atoms with van der Waals surface area (Å²) in [6.45, 7) is 6.35. The number of hydrogen-bond donors (Lipinski definition) is 0. The van der Waals surface area contributed by atoms with E-state index in [0.717, 1.165) is 42.8 Å². The average molecular weight is 403 g/mol. The summed E-state index contributed by atoms with van der Waals surface area (Å²) in [6, 6.07) is 16.3. The van der Waals surface area contributed by atoms with Crippen molar-refractivity contribution in [2.75, 3.05) is 32.8 Å². The number of nitrogens with zero attached hydrogens (tertiary/aromatic N) is 2. The fraction of sp³-hybridized carbons (Fsp3) is 0.350. The molecule has 132 valence electrons. The Kier molecular flexibility index (Phi) is 6.10. The van der Waals surface area contributed by atoms with Gasteiger partial charge in [0.2, 0.25) is 0 Å². The van der Waals surface area contributed by atoms with Crippen molar-refractivity contribution in [3.63, 3.8) is 0 Å². The number of carbonyl (C=O) groups is 1. The molecule has 0 bridgehead atoms. The molecule has 0 saturated carbocycles. The Morgan fingerprint density at radius 2 is 1.80 bits per heavy atom. The van der Waals surface area contributed by atoms with E-state index in [1.807, 2.05) is 36.1 Å². The van der Waals surface area contributed by atoms with Crippen LogP contribution >= 0.6 is 15.9 Å². The van der Waals surface area contributed by atoms with Gasteiger partial charge in [0, 0.05) is 32.7 Å². The monoisotopic (exact) mass is 402 g/mol. The maximum absolute atomic E-state index is 12.4. The van der Waals surface area contributed by atoms with Gasteiger partial charge in [-0.2, -0.15) is 0 Å². The number of halogens is 1. The minimum atomic E-state index is 0.0480. The molecule has 0 radical (unpaired) electrons. The van der Waals surface area contributed by atoms with Gasteiger partial charge in [-0.05, 0) is 46.1 Å². The van der Waals surface area contributed by atoms with Crippen LogP contribution in [-0.2, 0) is 11.3 Å². The van der Waals surface area contributed by atoms with E-state index in [2.05, 4.69) is 45.1 Å². The highest BCUT2D eigenvalue weighted by Crippen LogP contribution is 2.25. The van der Waals surface area contributed by atoms with Crippen LogP contribution in [0.4, 0.5) is 0 Å². The average Bonchev–Trinajstić information content (AvgIpc) is 2.62. The predicted octanol–water partition coefficient (Wildman–Crippen LogP) is 3.48. The van der Waals surface area contributed by atoms with Crippen molar-refractivity contribution >= 4 is 21.8 Å². The molecule has 1 aliphatic rings. The molecular weight excluding hydrogens is 380 g/mol. The lowest BCUT2D eigenvalue weighted by Gasteiger charge is -2.34. The molecule has 2 aromatic carbocycles. The van der Waals surface area contributed by atoms with Crippen LogP contribution in [0.25, 0.3) is 0 Å². The summed E-state index contributed by atoms with van der Waals surface area (Å²) in [4.78, 5) is 16.7. The molecule has 4 nitrogen and oxygen atoms in total. The first kappa shape index (κ1) is 18.0. The molecule has 0 spiro atoms. The number of rotatable bonds is 5. The third kappa shape index (κ3) is 5.06. The van der Waals surface area contributed by atoms with Crippen LogP contribution in [0.1, 0.15) is 11.1 Å². The second-order valence-electron chi connectivity index (χ2n) is 6.37. The van der Waals surface area contributed by atoms with Crippen molar-refractivity contribution in [3.8, 4) is 5.75 Å². The molecule has 1 amide bonds. The standard InChI is InChI=1S/C20H23BrN2O2/c1-16-7-8-19(18(21)13-16)25-15-20(24)23-11-9-22(10-12-23)14-17-5-3-2-4-6-17/h2-8,13H,9-12,14-15H2,1H3. The van der Waals surface area contributed by atoms with E-state index in [-0.39, 0.29) is 12.5 Å². The molecule has 3 rings (SSSR count). The first-order chi connectivity index (χ1) is 12.1. The number of hydrogen-bond acceptors (Lipinski definition) is 3. The van der Waals surface area contributed by atoms with Gasteiger partial charge in [0.1, 0.15) is 5.75 Å². The Hall–Kier alpha value is -1.85. The largest absolute Gasteiger partial charge is 0.483 e. The first-order valence-electron chi connectivity index (χ1n) is 8.55. The zero-order chi connectivity index (χ0) is 17.6. The van der Waals surface area contributed by atoms with Crippen LogP contribution in [0.15, 0.2) is 53.0 Å². The van der Waals surface area contributed by atoms with Gasteiger partial charge >= 0.3 is 0 Å². The zero-order valence-electron chi connectivity index (χ0n) is 14.5. The van der Waals surface area contributed by atoms with E-state index in [0.29, 0.717) is 5.75 Å². The van der Waals surface area contributed by atoms with Crippen molar-refractivity contribution < 1.29 is 9.53 Å². The minimum Gasteiger partial charge on any atom is -0.483 e. The van der Waals surface area contributed by atoms with E-state index >= 15 is 0 Å². The van der Waals surface area contributed by atoms with Crippen molar-refractivity contribution in [2.45, 2.75) is 13.5 Å². The number of ether oxygens (including phenoxy) is 1. The first-order valence-corrected chi connectivity index (χ1v) is 9.34. The Labute approximate surface area is 157 Å². The molecule has 5 heteroatoms. The topological polar surface area (TPSA) is 32.8 Å². The van der Waals surface area contributed by atoms with Gasteiger partial charge in [0.05, 0.1) is 4.47 Å². The van der Waals surface area contributed by atoms with Gasteiger partial charge < -0.3 is 9.64 Å². The van der Waals surface area contributed by atoms with Gasteiger partial charge in [-0.15, -0.1) is 0 Å². The normalized spacial score (nSPS) is 15.2. The summed E-state index contributed by atoms with van der Waals surface area (Å²) in [5, 5.41) is 0. The van der Waals surface area contributed by atoms with Crippen LogP contribution in [0, 0.1) is 6.92 Å². The molecule has 0 unspecified atom stereocenters. The van der Waals surface area contributed by atoms with Crippen molar-refractivity contribution in [1.29, 1.82) is 0 Å². The third-order valence-electron chi connectivity index (χ3n) is 4.41. The van der Waals surface area contributed by atoms with Crippen molar-refractivity contribution in [2.24, 2.45) is 0 Å². The van der Waals surface area contributed by atoms with E-state index in [1.165, 1.54) is 5.56 Å². The lowest BCUT2D eigenvalue weighted by molar-refractivity contribution is -0.135. The second-order valence-corrected chi connectivity index (χ2v) is 7.22. The Morgan fingerprint density at radius 1 is 1.08 bits per heavy atom. The van der Waals surface area contributed by atoms with Crippen LogP contribution in [0.3, 0.4) is 0 Å². The van der Waals surface area contributed by atoms with E-state index in [1.54, 1.807) is 0 Å². The quantitative estimate of drug-likeness (QED) is 0.767. The maximum Gasteiger partial charge on any atom is 0.260 e. The molecule has 25 heavy (non-hydrogen) atoms. The SMILES string of the molecule is Cc1ccc(OCC(=O)N2CCN(Cc3ccccc3)CC2)c(Br)c1. The third-order valence-corrected chi connectivity index (χ3v) is 5.03. The van der Waals surface area contributed by atoms with Crippen LogP contribution < -0.4 is 4.74 Å². The second kappa shape index (κ2) is 8.50. The molecule has 0 aromatic heterocycles. The molecule has 1 aliphatic heterocycles. The fourth-order valence-electron chi connectivity index (χ4n) is 2.95. The molecule has 0 N–H and O–H groups in total. The summed E-state index contributed by atoms with van der Waals surface area (Å²) in [5.74, 6) is 0.758. The van der Waals surface area contributed by atoms with Crippen molar-refractivity contribution in [3.05, 3.63) is 64.1 Å². The fourth-order valence-corrected chi connectivity index (χ4v) is 3.56. The lowest BCUT2D eigenvalue weighted by Crippen LogP contribution is -2.49. The summed E-state index contributed by atoms with van der Waals surface area (Å²) >= 11 is 3.48. The highest BCUT2D eigenvalue weighted by molar-refractivity contribution is 9.10. The van der Waals surface area contributed by atoms with E-state index < -0.39 is 0 Å². The number of piperazine rings is 1. The van der Waals surface area contributed by atoms with E-state index in [4.69, 9.17) is 4.74 Å². The Balaban J connectivity index is 1.45. The summed E-state index contributed by atoms with van der Waals surface area (Å²) < 4.78 is 6.56. The molecule has 2 aromatic rings. The van der Waals surface area contributed by atoms with Crippen molar-refractivity contribution in [1.82, 2.24) is 9.80 Å². The van der Waals surface area contributed by atoms with E-state index in [9.17, 15) is 4.79 Å². The van der Waals surface area contributed by atoms with Gasteiger partial charge in [-0.3, -0.25) is 9.69 Å². The Morgan fingerprint density at radius 3 is 2.48 bits per heavy atom. The molecule has 1 fully saturated rings. The molecule has 0 atom stereocenters. The summed E-state index contributed by atoms with van der Waals surface area (Å²) in [6.07, 6.45) is 0. The summed E-state index contributed by atoms with van der Waals surface area (Å²) in [5.41, 5.74) is 2.47. The van der Waals surface area contributed by atoms with Gasteiger partial charge in [0.25, 0.3) is 5.91 Å². The molecule has 1 heterocycles. The number of amides is 1. The maximum atomic E-state index is 12.4. The molecule has 1 saturated heterocycles. The highest BCUT2D eigenvalue weighted by Gasteiger charge is 2.21. The lowest BCUT2D eigenvalue weighted by atomic mass is 10.2. The van der Waals surface area contributed by atoms with Gasteiger partial charge in [-0.25, -0.2) is 0 Å². The van der Waals surface area contributed by atoms with Crippen LogP contribution in [0.5, 0.6) is 5.75 Å². The van der Waals surface area contributed by atoms with Gasteiger partial charge in [0.15, 0.2) is 6.61 Å². The van der Waals surface area contributed by atoms with Crippen LogP contribution in [-0.4, -0.2) is 48.5 Å². The smallest absolute Gasteiger partial charge is 0.260 e. The zero-order valence-corrected chi connectivity index (χ0v) is 16.0. The highest BCUT2D eigenvalue weighted by atomic mass is 79.9. The number of benzene rings is 2. The number of carbonyl (C=O) groups excluding carboxylic acids is 1. The molecule has 0 aliphatic carbocycles.